The number of nitrogens with zero attached hydrogens (tertiary/aromatic N) is 1. The van der Waals surface area contributed by atoms with E-state index in [1.54, 1.807) is 19.2 Å². The zero-order valence-corrected chi connectivity index (χ0v) is 17.5. The van der Waals surface area contributed by atoms with Crippen LogP contribution in [0.25, 0.3) is 0 Å². The van der Waals surface area contributed by atoms with Crippen molar-refractivity contribution in [3.05, 3.63) is 94.0 Å². The highest BCUT2D eigenvalue weighted by Gasteiger charge is 2.07. The van der Waals surface area contributed by atoms with Crippen LogP contribution in [0.3, 0.4) is 0 Å². The van der Waals surface area contributed by atoms with Gasteiger partial charge >= 0.3 is 0 Å². The smallest absolute Gasteiger partial charge is 0.269 e. The van der Waals surface area contributed by atoms with E-state index in [1.807, 2.05) is 36.4 Å². The van der Waals surface area contributed by atoms with Crippen LogP contribution in [0.1, 0.15) is 11.1 Å². The van der Waals surface area contributed by atoms with E-state index in [0.29, 0.717) is 19.7 Å². The highest BCUT2D eigenvalue weighted by molar-refractivity contribution is 5.48. The third-order valence-corrected chi connectivity index (χ3v) is 4.76. The molecule has 0 aliphatic rings. The fourth-order valence-electron chi connectivity index (χ4n) is 3.09. The van der Waals surface area contributed by atoms with E-state index in [0.717, 1.165) is 35.7 Å². The summed E-state index contributed by atoms with van der Waals surface area (Å²) in [4.78, 5) is 10.3. The number of ether oxygens (including phenoxy) is 2. The maximum atomic E-state index is 10.7. The number of benzene rings is 3. The molecule has 3 aromatic rings. The Morgan fingerprint density at radius 3 is 2.39 bits per heavy atom. The fourth-order valence-corrected chi connectivity index (χ4v) is 3.09. The molecule has 2 N–H and O–H groups in total. The van der Waals surface area contributed by atoms with Crippen LogP contribution in [0.5, 0.6) is 11.5 Å². The van der Waals surface area contributed by atoms with E-state index in [2.05, 4.69) is 22.8 Å². The van der Waals surface area contributed by atoms with Gasteiger partial charge in [0, 0.05) is 43.9 Å². The molecule has 0 heterocycles. The number of methoxy groups -OCH3 is 1. The number of hydrogen-bond acceptors (Lipinski definition) is 6. The lowest BCUT2D eigenvalue weighted by Crippen LogP contribution is -2.21. The number of rotatable bonds is 12. The molecule has 3 rings (SSSR count). The second-order valence-corrected chi connectivity index (χ2v) is 6.98. The molecule has 0 aromatic heterocycles. The zero-order chi connectivity index (χ0) is 21.9. The number of nitro groups is 1. The molecule has 3 aromatic carbocycles. The molecular weight excluding hydrogens is 394 g/mol. The summed E-state index contributed by atoms with van der Waals surface area (Å²) in [6.07, 6.45) is 0.842. The molecule has 7 nitrogen and oxygen atoms in total. The number of nitrogens with one attached hydrogen (secondary N) is 2. The number of anilines is 1. The second kappa shape index (κ2) is 11.6. The van der Waals surface area contributed by atoms with Gasteiger partial charge in [0.25, 0.3) is 5.69 Å². The predicted molar refractivity (Wildman–Crippen MR) is 122 cm³/mol. The predicted octanol–water partition coefficient (Wildman–Crippen LogP) is 4.43. The Morgan fingerprint density at radius 2 is 1.68 bits per heavy atom. The summed E-state index contributed by atoms with van der Waals surface area (Å²) >= 11 is 0. The molecule has 0 spiro atoms. The summed E-state index contributed by atoms with van der Waals surface area (Å²) in [5, 5.41) is 17.3. The Balaban J connectivity index is 1.40. The minimum absolute atomic E-state index is 0.0881. The van der Waals surface area contributed by atoms with Crippen LogP contribution in [0.4, 0.5) is 11.4 Å². The van der Waals surface area contributed by atoms with Crippen LogP contribution in [0.15, 0.2) is 72.8 Å². The Bertz CT molecular complexity index is 962. The summed E-state index contributed by atoms with van der Waals surface area (Å²) in [6.45, 7) is 2.74. The lowest BCUT2D eigenvalue weighted by atomic mass is 10.1. The van der Waals surface area contributed by atoms with Crippen molar-refractivity contribution >= 4 is 11.4 Å². The second-order valence-electron chi connectivity index (χ2n) is 6.98. The van der Waals surface area contributed by atoms with Crippen molar-refractivity contribution in [3.63, 3.8) is 0 Å². The zero-order valence-electron chi connectivity index (χ0n) is 17.5. The molecule has 0 amide bonds. The van der Waals surface area contributed by atoms with Gasteiger partial charge in [0.05, 0.1) is 18.6 Å². The molecule has 0 atom stereocenters. The van der Waals surface area contributed by atoms with E-state index < -0.39 is 4.92 Å². The molecule has 7 heteroatoms. The largest absolute Gasteiger partial charge is 0.493 e. The number of non-ortho nitro benzene ring substituents is 1. The van der Waals surface area contributed by atoms with Gasteiger partial charge in [-0.2, -0.15) is 0 Å². The molecule has 0 fully saturated rings. The Labute approximate surface area is 182 Å². The van der Waals surface area contributed by atoms with Crippen LogP contribution in [0, 0.1) is 10.1 Å². The molecule has 0 saturated heterocycles. The van der Waals surface area contributed by atoms with Crippen molar-refractivity contribution in [2.45, 2.75) is 13.0 Å². The minimum Gasteiger partial charge on any atom is -0.493 e. The van der Waals surface area contributed by atoms with Gasteiger partial charge < -0.3 is 20.1 Å². The van der Waals surface area contributed by atoms with Gasteiger partial charge in [-0.25, -0.2) is 0 Å². The molecular formula is C24H27N3O4. The third kappa shape index (κ3) is 7.01. The third-order valence-electron chi connectivity index (χ3n) is 4.76. The summed E-state index contributed by atoms with van der Waals surface area (Å²) in [7, 11) is 1.64. The molecule has 162 valence electrons. The normalized spacial score (nSPS) is 10.5. The highest BCUT2D eigenvalue weighted by Crippen LogP contribution is 2.28. The van der Waals surface area contributed by atoms with E-state index in [4.69, 9.17) is 9.47 Å². The molecule has 31 heavy (non-hydrogen) atoms. The van der Waals surface area contributed by atoms with Crippen molar-refractivity contribution in [3.8, 4) is 11.5 Å². The van der Waals surface area contributed by atoms with Gasteiger partial charge in [-0.05, 0) is 35.4 Å². The first kappa shape index (κ1) is 22.1. The first-order chi connectivity index (χ1) is 15.2. The molecule has 0 aliphatic heterocycles. The van der Waals surface area contributed by atoms with E-state index >= 15 is 0 Å². The average Bonchev–Trinajstić information content (AvgIpc) is 2.80. The van der Waals surface area contributed by atoms with Crippen molar-refractivity contribution < 1.29 is 14.4 Å². The summed E-state index contributed by atoms with van der Waals surface area (Å²) in [5.41, 5.74) is 3.28. The number of hydrogen-bond donors (Lipinski definition) is 2. The van der Waals surface area contributed by atoms with Gasteiger partial charge in [0.15, 0.2) is 11.5 Å². The van der Waals surface area contributed by atoms with Gasteiger partial charge in [-0.3, -0.25) is 10.1 Å². The van der Waals surface area contributed by atoms with Crippen molar-refractivity contribution in [1.82, 2.24) is 5.32 Å². The van der Waals surface area contributed by atoms with Gasteiger partial charge in [-0.15, -0.1) is 0 Å². The maximum absolute atomic E-state index is 10.7. The Kier molecular flexibility index (Phi) is 8.25. The van der Waals surface area contributed by atoms with Crippen molar-refractivity contribution in [2.75, 3.05) is 32.1 Å². The summed E-state index contributed by atoms with van der Waals surface area (Å²) in [5.74, 6) is 1.46. The summed E-state index contributed by atoms with van der Waals surface area (Å²) < 4.78 is 11.4. The van der Waals surface area contributed by atoms with Crippen LogP contribution in [-0.2, 0) is 13.0 Å². The Hall–Kier alpha value is -3.58. The fraction of sp³-hybridized carbons (Fsp3) is 0.250. The highest BCUT2D eigenvalue weighted by atomic mass is 16.6. The van der Waals surface area contributed by atoms with Crippen molar-refractivity contribution in [2.24, 2.45) is 0 Å². The monoisotopic (exact) mass is 421 g/mol. The lowest BCUT2D eigenvalue weighted by Gasteiger charge is -2.13. The van der Waals surface area contributed by atoms with E-state index in [9.17, 15) is 10.1 Å². The SMILES string of the molecule is COc1cc(CNCCNc2ccc([N+](=O)[O-])cc2)ccc1OCCc1ccccc1. The van der Waals surface area contributed by atoms with Gasteiger partial charge in [-0.1, -0.05) is 36.4 Å². The first-order valence-corrected chi connectivity index (χ1v) is 10.2. The first-order valence-electron chi connectivity index (χ1n) is 10.2. The molecule has 0 radical (unpaired) electrons. The Morgan fingerprint density at radius 1 is 0.903 bits per heavy atom. The van der Waals surface area contributed by atoms with E-state index in [1.165, 1.54) is 17.7 Å². The van der Waals surface area contributed by atoms with Gasteiger partial charge in [0.2, 0.25) is 0 Å². The summed E-state index contributed by atoms with van der Waals surface area (Å²) in [6, 6.07) is 22.6. The average molecular weight is 421 g/mol. The quantitative estimate of drug-likeness (QED) is 0.256. The molecule has 0 unspecified atom stereocenters. The van der Waals surface area contributed by atoms with Gasteiger partial charge in [0.1, 0.15) is 0 Å². The molecule has 0 aliphatic carbocycles. The number of nitro benzene ring substituents is 1. The van der Waals surface area contributed by atoms with Crippen LogP contribution in [-0.4, -0.2) is 31.7 Å². The maximum Gasteiger partial charge on any atom is 0.269 e. The van der Waals surface area contributed by atoms with Crippen LogP contribution in [0.2, 0.25) is 0 Å². The molecule has 0 bridgehead atoms. The minimum atomic E-state index is -0.404. The van der Waals surface area contributed by atoms with Crippen LogP contribution < -0.4 is 20.1 Å². The topological polar surface area (TPSA) is 85.7 Å². The molecule has 0 saturated carbocycles. The van der Waals surface area contributed by atoms with E-state index in [-0.39, 0.29) is 5.69 Å². The van der Waals surface area contributed by atoms with Crippen molar-refractivity contribution in [1.29, 1.82) is 0 Å². The van der Waals surface area contributed by atoms with Crippen LogP contribution >= 0.6 is 0 Å². The lowest BCUT2D eigenvalue weighted by molar-refractivity contribution is -0.384. The standard InChI is InChI=1S/C24H27N3O4/c1-30-24-17-20(7-12-23(24)31-16-13-19-5-3-2-4-6-19)18-25-14-15-26-21-8-10-22(11-9-21)27(28)29/h2-12,17,25-26H,13-16,18H2,1H3.